The largest absolute Gasteiger partial charge is 0.494 e. The minimum Gasteiger partial charge on any atom is -0.494 e. The summed E-state index contributed by atoms with van der Waals surface area (Å²) in [4.78, 5) is 10.6. The van der Waals surface area contributed by atoms with Gasteiger partial charge in [-0.05, 0) is 24.3 Å². The first-order chi connectivity index (χ1) is 12.3. The van der Waals surface area contributed by atoms with Gasteiger partial charge < -0.3 is 14.6 Å². The molecule has 12 heteroatoms. The third kappa shape index (κ3) is 5.44. The van der Waals surface area contributed by atoms with Crippen molar-refractivity contribution >= 4 is 5.97 Å². The highest BCUT2D eigenvalue weighted by Gasteiger charge is 2.75. The molecule has 0 saturated carbocycles. The van der Waals surface area contributed by atoms with Crippen LogP contribution in [-0.2, 0) is 4.74 Å². The van der Waals surface area contributed by atoms with Crippen LogP contribution in [0.3, 0.4) is 0 Å². The molecule has 27 heavy (non-hydrogen) atoms. The van der Waals surface area contributed by atoms with Crippen molar-refractivity contribution in [3.8, 4) is 5.75 Å². The summed E-state index contributed by atoms with van der Waals surface area (Å²) in [6.07, 6.45) is -5.09. The van der Waals surface area contributed by atoms with E-state index in [1.54, 1.807) is 0 Å². The van der Waals surface area contributed by atoms with Crippen molar-refractivity contribution in [1.82, 2.24) is 0 Å². The van der Waals surface area contributed by atoms with Gasteiger partial charge in [0.05, 0.1) is 18.8 Å². The van der Waals surface area contributed by atoms with E-state index in [4.69, 9.17) is 9.84 Å². The number of carboxylic acid groups (broad SMARTS) is 1. The van der Waals surface area contributed by atoms with Crippen molar-refractivity contribution in [3.05, 3.63) is 29.8 Å². The summed E-state index contributed by atoms with van der Waals surface area (Å²) in [6.45, 7) is -2.93. The van der Waals surface area contributed by atoms with Gasteiger partial charge in [-0.1, -0.05) is 0 Å². The van der Waals surface area contributed by atoms with Crippen LogP contribution in [0.25, 0.3) is 0 Å². The van der Waals surface area contributed by atoms with E-state index in [0.29, 0.717) is 0 Å². The van der Waals surface area contributed by atoms with E-state index < -0.39 is 43.4 Å². The number of hydrogen-bond acceptors (Lipinski definition) is 3. The summed E-state index contributed by atoms with van der Waals surface area (Å²) in [7, 11) is 0. The van der Waals surface area contributed by atoms with Crippen molar-refractivity contribution in [2.24, 2.45) is 0 Å². The Morgan fingerprint density at radius 1 is 1.00 bits per heavy atom. The third-order valence-corrected chi connectivity index (χ3v) is 3.24. The molecule has 0 aliphatic carbocycles. The summed E-state index contributed by atoms with van der Waals surface area (Å²) < 4.78 is 111. The topological polar surface area (TPSA) is 55.8 Å². The van der Waals surface area contributed by atoms with Gasteiger partial charge in [0.15, 0.2) is 0 Å². The standard InChI is InChI=1S/C15H14F8O4/c16-12(17)14(20,21)15(22,23)13(18,19)8-26-6-1-7-27-10-4-2-9(3-5-10)11(24)25/h2-5,12H,1,6-8H2,(H,24,25). The number of ether oxygens (including phenoxy) is 2. The molecule has 0 fully saturated rings. The van der Waals surface area contributed by atoms with Crippen LogP contribution in [0.4, 0.5) is 35.1 Å². The lowest BCUT2D eigenvalue weighted by Gasteiger charge is -2.32. The Bertz CT molecular complexity index is 619. The number of rotatable bonds is 11. The van der Waals surface area contributed by atoms with Gasteiger partial charge in [-0.3, -0.25) is 0 Å². The first-order valence-corrected chi connectivity index (χ1v) is 7.28. The Morgan fingerprint density at radius 3 is 2.04 bits per heavy atom. The first-order valence-electron chi connectivity index (χ1n) is 7.28. The lowest BCUT2D eigenvalue weighted by Crippen LogP contribution is -2.59. The zero-order chi connectivity index (χ0) is 20.9. The van der Waals surface area contributed by atoms with Crippen molar-refractivity contribution in [1.29, 1.82) is 0 Å². The second kappa shape index (κ2) is 8.72. The molecule has 0 bridgehead atoms. The molecular weight excluding hydrogens is 396 g/mol. The van der Waals surface area contributed by atoms with Gasteiger partial charge in [-0.15, -0.1) is 0 Å². The fourth-order valence-corrected chi connectivity index (χ4v) is 1.72. The molecule has 0 saturated heterocycles. The van der Waals surface area contributed by atoms with E-state index >= 15 is 0 Å². The average molecular weight is 410 g/mol. The lowest BCUT2D eigenvalue weighted by atomic mass is 10.1. The van der Waals surface area contributed by atoms with E-state index in [-0.39, 0.29) is 24.3 Å². The highest BCUT2D eigenvalue weighted by Crippen LogP contribution is 2.48. The van der Waals surface area contributed by atoms with Crippen LogP contribution in [0.2, 0.25) is 0 Å². The highest BCUT2D eigenvalue weighted by atomic mass is 19.4. The summed E-state index contributed by atoms with van der Waals surface area (Å²) >= 11 is 0. The first kappa shape index (κ1) is 22.9. The number of halogens is 8. The van der Waals surface area contributed by atoms with Gasteiger partial charge in [-0.2, -0.15) is 26.3 Å². The van der Waals surface area contributed by atoms with Crippen molar-refractivity contribution in [2.75, 3.05) is 19.8 Å². The summed E-state index contributed by atoms with van der Waals surface area (Å²) in [5.74, 6) is -19.0. The second-order valence-corrected chi connectivity index (χ2v) is 5.29. The van der Waals surface area contributed by atoms with Crippen LogP contribution >= 0.6 is 0 Å². The summed E-state index contributed by atoms with van der Waals surface area (Å²) in [6, 6.07) is 5.09. The monoisotopic (exact) mass is 410 g/mol. The molecule has 0 aliphatic rings. The number of alkyl halides is 8. The van der Waals surface area contributed by atoms with Crippen molar-refractivity contribution < 1.29 is 54.5 Å². The van der Waals surface area contributed by atoms with Gasteiger partial charge in [0.1, 0.15) is 12.4 Å². The third-order valence-electron chi connectivity index (χ3n) is 3.24. The highest BCUT2D eigenvalue weighted by molar-refractivity contribution is 5.87. The van der Waals surface area contributed by atoms with Gasteiger partial charge >= 0.3 is 30.2 Å². The van der Waals surface area contributed by atoms with Crippen LogP contribution < -0.4 is 4.74 Å². The van der Waals surface area contributed by atoms with E-state index in [9.17, 15) is 39.9 Å². The molecule has 0 amide bonds. The molecule has 1 aromatic rings. The van der Waals surface area contributed by atoms with E-state index in [1.807, 2.05) is 0 Å². The molecular formula is C15H14F8O4. The molecule has 0 spiro atoms. The molecule has 0 aliphatic heterocycles. The van der Waals surface area contributed by atoms with Crippen LogP contribution in [0.15, 0.2) is 24.3 Å². The molecule has 0 aromatic heterocycles. The van der Waals surface area contributed by atoms with E-state index in [0.717, 1.165) is 0 Å². The zero-order valence-corrected chi connectivity index (χ0v) is 13.4. The number of aromatic carboxylic acids is 1. The maximum Gasteiger partial charge on any atom is 0.380 e. The Hall–Kier alpha value is -2.11. The predicted octanol–water partition coefficient (Wildman–Crippen LogP) is 4.34. The molecule has 0 atom stereocenters. The van der Waals surface area contributed by atoms with Gasteiger partial charge in [0.2, 0.25) is 0 Å². The van der Waals surface area contributed by atoms with Crippen LogP contribution in [0.1, 0.15) is 16.8 Å². The minimum absolute atomic E-state index is 0.00515. The Kier molecular flexibility index (Phi) is 7.40. The molecule has 0 radical (unpaired) electrons. The lowest BCUT2D eigenvalue weighted by molar-refractivity contribution is -0.346. The van der Waals surface area contributed by atoms with Gasteiger partial charge in [0, 0.05) is 6.42 Å². The smallest absolute Gasteiger partial charge is 0.380 e. The van der Waals surface area contributed by atoms with E-state index in [1.165, 1.54) is 24.3 Å². The minimum atomic E-state index is -6.30. The summed E-state index contributed by atoms with van der Waals surface area (Å²) in [5.41, 5.74) is -0.00515. The zero-order valence-electron chi connectivity index (χ0n) is 13.4. The molecule has 0 heterocycles. The number of carboxylic acids is 1. The molecule has 4 nitrogen and oxygen atoms in total. The molecule has 1 rings (SSSR count). The SMILES string of the molecule is O=C(O)c1ccc(OCCCOCC(F)(F)C(F)(F)C(F)(F)C(F)F)cc1. The molecule has 1 aromatic carbocycles. The molecule has 0 unspecified atom stereocenters. The Balaban J connectivity index is 2.41. The molecule has 154 valence electrons. The Labute approximate surface area is 147 Å². The van der Waals surface area contributed by atoms with Crippen LogP contribution in [-0.4, -0.2) is 55.1 Å². The van der Waals surface area contributed by atoms with Crippen LogP contribution in [0, 0.1) is 0 Å². The number of hydrogen-bond donors (Lipinski definition) is 1. The van der Waals surface area contributed by atoms with Gasteiger partial charge in [0.25, 0.3) is 0 Å². The van der Waals surface area contributed by atoms with Crippen LogP contribution in [0.5, 0.6) is 5.75 Å². The predicted molar refractivity (Wildman–Crippen MR) is 75.2 cm³/mol. The fourth-order valence-electron chi connectivity index (χ4n) is 1.72. The number of carbonyl (C=O) groups is 1. The van der Waals surface area contributed by atoms with Gasteiger partial charge in [-0.25, -0.2) is 13.6 Å². The molecule has 1 N–H and O–H groups in total. The summed E-state index contributed by atoms with van der Waals surface area (Å²) in [5, 5.41) is 8.69. The van der Waals surface area contributed by atoms with Crippen molar-refractivity contribution in [2.45, 2.75) is 30.6 Å². The maximum absolute atomic E-state index is 13.2. The Morgan fingerprint density at radius 2 is 1.56 bits per heavy atom. The second-order valence-electron chi connectivity index (χ2n) is 5.29. The quantitative estimate of drug-likeness (QED) is 0.436. The van der Waals surface area contributed by atoms with E-state index in [2.05, 4.69) is 4.74 Å². The fraction of sp³-hybridized carbons (Fsp3) is 0.533. The van der Waals surface area contributed by atoms with Crippen molar-refractivity contribution in [3.63, 3.8) is 0 Å². The normalized spacial score (nSPS) is 13.1. The maximum atomic E-state index is 13.2. The average Bonchev–Trinajstić information content (AvgIpc) is 2.57. The number of benzene rings is 1.